The molecule has 0 unspecified atom stereocenters. The van der Waals surface area contributed by atoms with Crippen LogP contribution in [-0.4, -0.2) is 54.8 Å². The van der Waals surface area contributed by atoms with Crippen LogP contribution in [0.5, 0.6) is 5.75 Å². The van der Waals surface area contributed by atoms with E-state index in [0.29, 0.717) is 36.8 Å². The van der Waals surface area contributed by atoms with E-state index in [-0.39, 0.29) is 6.54 Å². The Labute approximate surface area is 165 Å². The summed E-state index contributed by atoms with van der Waals surface area (Å²) >= 11 is 0. The molecule has 0 fully saturated rings. The summed E-state index contributed by atoms with van der Waals surface area (Å²) in [7, 11) is 1.54. The highest BCUT2D eigenvalue weighted by atomic mass is 16.5. The van der Waals surface area contributed by atoms with Crippen molar-refractivity contribution in [2.45, 2.75) is 26.1 Å². The summed E-state index contributed by atoms with van der Waals surface area (Å²) in [6.07, 6.45) is -1.20. The van der Waals surface area contributed by atoms with Crippen LogP contribution < -0.4 is 20.9 Å². The standard InChI is InChI=1S/C19H23N5O5/c1-3-29-14-6-4-12(5-7-14)22-8-9-23-15-16(20-18(22)23)21(2)19(28)24(17(15)27)10-13(26)11-25/h4-7,13,25-26H,3,8-11H2,1-2H3/t13-/m0/s1. The quantitative estimate of drug-likeness (QED) is 0.588. The molecule has 1 atom stereocenters. The molecule has 1 aromatic carbocycles. The molecule has 2 aromatic heterocycles. The lowest BCUT2D eigenvalue weighted by Gasteiger charge is -2.16. The second-order valence-corrected chi connectivity index (χ2v) is 6.91. The Kier molecular flexibility index (Phi) is 4.89. The predicted molar refractivity (Wildman–Crippen MR) is 107 cm³/mol. The van der Waals surface area contributed by atoms with E-state index < -0.39 is 24.0 Å². The number of anilines is 2. The van der Waals surface area contributed by atoms with Gasteiger partial charge in [-0.2, -0.15) is 4.98 Å². The van der Waals surface area contributed by atoms with Gasteiger partial charge in [0.25, 0.3) is 5.56 Å². The zero-order valence-corrected chi connectivity index (χ0v) is 16.3. The minimum atomic E-state index is -1.20. The summed E-state index contributed by atoms with van der Waals surface area (Å²) in [5, 5.41) is 18.8. The second-order valence-electron chi connectivity index (χ2n) is 6.91. The van der Waals surface area contributed by atoms with Gasteiger partial charge in [0.2, 0.25) is 5.95 Å². The number of aromatic nitrogens is 4. The van der Waals surface area contributed by atoms with Crippen molar-refractivity contribution in [1.82, 2.24) is 18.7 Å². The Morgan fingerprint density at radius 2 is 1.93 bits per heavy atom. The third-order valence-corrected chi connectivity index (χ3v) is 5.06. The smallest absolute Gasteiger partial charge is 0.332 e. The van der Waals surface area contributed by atoms with Crippen LogP contribution in [0.2, 0.25) is 0 Å². The van der Waals surface area contributed by atoms with Gasteiger partial charge >= 0.3 is 5.69 Å². The fraction of sp³-hybridized carbons (Fsp3) is 0.421. The number of imidazole rings is 1. The molecule has 0 aliphatic carbocycles. The van der Waals surface area contributed by atoms with Crippen molar-refractivity contribution < 1.29 is 14.9 Å². The topological polar surface area (TPSA) is 115 Å². The molecule has 0 radical (unpaired) electrons. The lowest BCUT2D eigenvalue weighted by molar-refractivity contribution is 0.0791. The molecule has 1 aliphatic heterocycles. The van der Waals surface area contributed by atoms with Crippen LogP contribution in [0.1, 0.15) is 6.92 Å². The zero-order chi connectivity index (χ0) is 20.7. The summed E-state index contributed by atoms with van der Waals surface area (Å²) in [5.41, 5.74) is 0.395. The first-order chi connectivity index (χ1) is 14.0. The van der Waals surface area contributed by atoms with E-state index in [1.165, 1.54) is 11.6 Å². The van der Waals surface area contributed by atoms with Crippen molar-refractivity contribution in [1.29, 1.82) is 0 Å². The Bertz CT molecular complexity index is 1160. The fourth-order valence-corrected chi connectivity index (χ4v) is 3.64. The molecule has 3 aromatic rings. The molecule has 10 nitrogen and oxygen atoms in total. The van der Waals surface area contributed by atoms with Gasteiger partial charge in [0.05, 0.1) is 25.9 Å². The molecule has 3 heterocycles. The van der Waals surface area contributed by atoms with E-state index in [2.05, 4.69) is 4.98 Å². The molecule has 154 valence electrons. The first kappa shape index (κ1) is 19.2. The Hall–Kier alpha value is -3.11. The molecule has 10 heteroatoms. The second kappa shape index (κ2) is 7.37. The van der Waals surface area contributed by atoms with Gasteiger partial charge in [-0.15, -0.1) is 0 Å². The zero-order valence-electron chi connectivity index (χ0n) is 16.3. The van der Waals surface area contributed by atoms with Crippen molar-refractivity contribution in [2.75, 3.05) is 24.7 Å². The van der Waals surface area contributed by atoms with Gasteiger partial charge in [0.1, 0.15) is 5.75 Å². The van der Waals surface area contributed by atoms with Crippen LogP contribution in [0.25, 0.3) is 11.2 Å². The highest BCUT2D eigenvalue weighted by Gasteiger charge is 2.29. The fourth-order valence-electron chi connectivity index (χ4n) is 3.64. The van der Waals surface area contributed by atoms with Crippen LogP contribution in [0.4, 0.5) is 11.6 Å². The van der Waals surface area contributed by atoms with Gasteiger partial charge in [-0.1, -0.05) is 0 Å². The van der Waals surface area contributed by atoms with Crippen molar-refractivity contribution >= 4 is 22.8 Å². The van der Waals surface area contributed by atoms with Gasteiger partial charge in [0.15, 0.2) is 11.2 Å². The molecule has 0 saturated carbocycles. The SMILES string of the molecule is CCOc1ccc(N2CCn3c2nc2c3c(=O)n(C[C@H](O)CO)c(=O)n2C)cc1. The summed E-state index contributed by atoms with van der Waals surface area (Å²) in [5.74, 6) is 1.35. The average Bonchev–Trinajstić information content (AvgIpc) is 3.29. The van der Waals surface area contributed by atoms with Crippen molar-refractivity contribution in [2.24, 2.45) is 7.05 Å². The number of nitrogens with zero attached hydrogens (tertiary/aromatic N) is 5. The summed E-state index contributed by atoms with van der Waals surface area (Å²) in [6.45, 7) is 2.87. The largest absolute Gasteiger partial charge is 0.494 e. The minimum absolute atomic E-state index is 0.277. The lowest BCUT2D eigenvalue weighted by Crippen LogP contribution is -2.42. The van der Waals surface area contributed by atoms with E-state index in [0.717, 1.165) is 16.0 Å². The summed E-state index contributed by atoms with van der Waals surface area (Å²) < 4.78 is 9.50. The number of rotatable bonds is 6. The Morgan fingerprint density at radius 1 is 1.21 bits per heavy atom. The number of ether oxygens (including phenoxy) is 1. The van der Waals surface area contributed by atoms with Crippen LogP contribution >= 0.6 is 0 Å². The highest BCUT2D eigenvalue weighted by Crippen LogP contribution is 2.32. The van der Waals surface area contributed by atoms with Crippen molar-refractivity contribution in [3.05, 3.63) is 45.1 Å². The van der Waals surface area contributed by atoms with Crippen LogP contribution in [0.3, 0.4) is 0 Å². The van der Waals surface area contributed by atoms with Crippen molar-refractivity contribution in [3.8, 4) is 5.75 Å². The molecule has 2 N–H and O–H groups in total. The van der Waals surface area contributed by atoms with E-state index in [1.54, 1.807) is 4.57 Å². The highest BCUT2D eigenvalue weighted by molar-refractivity contribution is 5.77. The maximum absolute atomic E-state index is 13.0. The van der Waals surface area contributed by atoms with Crippen LogP contribution in [0, 0.1) is 0 Å². The molecule has 0 spiro atoms. The maximum Gasteiger partial charge on any atom is 0.332 e. The molecule has 29 heavy (non-hydrogen) atoms. The normalized spacial score (nSPS) is 14.4. The lowest BCUT2D eigenvalue weighted by atomic mass is 10.3. The van der Waals surface area contributed by atoms with Crippen molar-refractivity contribution in [3.63, 3.8) is 0 Å². The van der Waals surface area contributed by atoms with Gasteiger partial charge in [-0.25, -0.2) is 4.79 Å². The molecule has 0 bridgehead atoms. The Morgan fingerprint density at radius 3 is 2.59 bits per heavy atom. The molecular weight excluding hydrogens is 378 g/mol. The summed E-state index contributed by atoms with van der Waals surface area (Å²) in [6, 6.07) is 7.61. The van der Waals surface area contributed by atoms with Gasteiger partial charge in [-0.3, -0.25) is 13.9 Å². The van der Waals surface area contributed by atoms with Gasteiger partial charge < -0.3 is 24.4 Å². The monoisotopic (exact) mass is 401 g/mol. The number of aliphatic hydroxyl groups excluding tert-OH is 2. The van der Waals surface area contributed by atoms with Crippen LogP contribution in [-0.2, 0) is 20.1 Å². The molecule has 0 saturated heterocycles. The molecule has 4 rings (SSSR count). The van der Waals surface area contributed by atoms with Gasteiger partial charge in [0, 0.05) is 25.8 Å². The third kappa shape index (κ3) is 3.10. The van der Waals surface area contributed by atoms with E-state index in [9.17, 15) is 14.7 Å². The molecule has 0 amide bonds. The molecule has 1 aliphatic rings. The minimum Gasteiger partial charge on any atom is -0.494 e. The first-order valence-corrected chi connectivity index (χ1v) is 9.45. The number of aliphatic hydroxyl groups is 2. The van der Waals surface area contributed by atoms with Gasteiger partial charge in [-0.05, 0) is 31.2 Å². The number of hydrogen-bond donors (Lipinski definition) is 2. The average molecular weight is 401 g/mol. The van der Waals surface area contributed by atoms with E-state index in [4.69, 9.17) is 9.84 Å². The number of benzene rings is 1. The summed E-state index contributed by atoms with van der Waals surface area (Å²) in [4.78, 5) is 32.1. The van der Waals surface area contributed by atoms with E-state index >= 15 is 0 Å². The van der Waals surface area contributed by atoms with Crippen LogP contribution in [0.15, 0.2) is 33.9 Å². The third-order valence-electron chi connectivity index (χ3n) is 5.06. The van der Waals surface area contributed by atoms with E-state index in [1.807, 2.05) is 36.1 Å². The first-order valence-electron chi connectivity index (χ1n) is 9.45. The predicted octanol–water partition coefficient (Wildman–Crippen LogP) is -0.200. The number of fused-ring (bicyclic) bond motifs is 3. The Balaban J connectivity index is 1.82. The molecular formula is C19H23N5O5. The number of hydrogen-bond acceptors (Lipinski definition) is 7. The maximum atomic E-state index is 13.0. The number of aryl methyl sites for hydroxylation is 1.